The first-order valence-corrected chi connectivity index (χ1v) is 6.71. The fourth-order valence-corrected chi connectivity index (χ4v) is 2.63. The SMILES string of the molecule is CN(C)Cc1ccc(C2CCCCN2)cc1Cl. The largest absolute Gasteiger partial charge is 0.310 e. The lowest BCUT2D eigenvalue weighted by molar-refractivity contribution is 0.401. The summed E-state index contributed by atoms with van der Waals surface area (Å²) in [4.78, 5) is 2.14. The monoisotopic (exact) mass is 252 g/mol. The minimum atomic E-state index is 0.495. The van der Waals surface area contributed by atoms with Crippen molar-refractivity contribution in [1.82, 2.24) is 10.2 Å². The van der Waals surface area contributed by atoms with Crippen LogP contribution in [0.25, 0.3) is 0 Å². The van der Waals surface area contributed by atoms with Crippen LogP contribution in [0, 0.1) is 0 Å². The fraction of sp³-hybridized carbons (Fsp3) is 0.571. The molecular weight excluding hydrogens is 232 g/mol. The molecule has 1 heterocycles. The van der Waals surface area contributed by atoms with E-state index in [4.69, 9.17) is 11.6 Å². The van der Waals surface area contributed by atoms with Crippen LogP contribution in [0.15, 0.2) is 18.2 Å². The number of nitrogens with one attached hydrogen (secondary N) is 1. The van der Waals surface area contributed by atoms with Gasteiger partial charge in [0.15, 0.2) is 0 Å². The lowest BCUT2D eigenvalue weighted by Crippen LogP contribution is -2.26. The van der Waals surface area contributed by atoms with Gasteiger partial charge in [0, 0.05) is 17.6 Å². The quantitative estimate of drug-likeness (QED) is 0.889. The van der Waals surface area contributed by atoms with E-state index in [9.17, 15) is 0 Å². The number of hydrogen-bond donors (Lipinski definition) is 1. The molecule has 0 bridgehead atoms. The van der Waals surface area contributed by atoms with Gasteiger partial charge in [0.25, 0.3) is 0 Å². The zero-order valence-corrected chi connectivity index (χ0v) is 11.4. The van der Waals surface area contributed by atoms with E-state index >= 15 is 0 Å². The fourth-order valence-electron chi connectivity index (χ4n) is 2.39. The van der Waals surface area contributed by atoms with Crippen molar-refractivity contribution < 1.29 is 0 Å². The maximum Gasteiger partial charge on any atom is 0.0454 e. The first kappa shape index (κ1) is 12.9. The van der Waals surface area contributed by atoms with Gasteiger partial charge < -0.3 is 10.2 Å². The summed E-state index contributed by atoms with van der Waals surface area (Å²) in [6.07, 6.45) is 3.83. The minimum Gasteiger partial charge on any atom is -0.310 e. The van der Waals surface area contributed by atoms with Crippen LogP contribution in [0.2, 0.25) is 5.02 Å². The van der Waals surface area contributed by atoms with E-state index < -0.39 is 0 Å². The average Bonchev–Trinajstić information content (AvgIpc) is 2.32. The maximum absolute atomic E-state index is 6.34. The average molecular weight is 253 g/mol. The first-order chi connectivity index (χ1) is 8.16. The van der Waals surface area contributed by atoms with Gasteiger partial charge in [-0.2, -0.15) is 0 Å². The molecule has 94 valence electrons. The number of rotatable bonds is 3. The summed E-state index contributed by atoms with van der Waals surface area (Å²) in [5, 5.41) is 4.45. The van der Waals surface area contributed by atoms with Gasteiger partial charge in [-0.25, -0.2) is 0 Å². The molecule has 1 fully saturated rings. The third-order valence-corrected chi connectivity index (χ3v) is 3.63. The molecule has 0 spiro atoms. The van der Waals surface area contributed by atoms with Crippen LogP contribution in [0.1, 0.15) is 36.4 Å². The Morgan fingerprint density at radius 1 is 1.35 bits per heavy atom. The van der Waals surface area contributed by atoms with Crippen molar-refractivity contribution in [3.8, 4) is 0 Å². The van der Waals surface area contributed by atoms with Crippen LogP contribution in [0.4, 0.5) is 0 Å². The van der Waals surface area contributed by atoms with Crippen LogP contribution < -0.4 is 5.32 Å². The van der Waals surface area contributed by atoms with E-state index in [0.717, 1.165) is 18.1 Å². The van der Waals surface area contributed by atoms with E-state index in [2.05, 4.69) is 42.5 Å². The predicted octanol–water partition coefficient (Wildman–Crippen LogP) is 3.22. The molecule has 2 rings (SSSR count). The summed E-state index contributed by atoms with van der Waals surface area (Å²) in [6.45, 7) is 2.03. The molecule has 1 aromatic rings. The van der Waals surface area contributed by atoms with E-state index in [1.54, 1.807) is 0 Å². The molecule has 1 aromatic carbocycles. The Balaban J connectivity index is 2.12. The molecule has 1 N–H and O–H groups in total. The Morgan fingerprint density at radius 3 is 2.76 bits per heavy atom. The Morgan fingerprint density at radius 2 is 2.18 bits per heavy atom. The summed E-state index contributed by atoms with van der Waals surface area (Å²) in [7, 11) is 4.12. The van der Waals surface area contributed by atoms with E-state index in [0.29, 0.717) is 6.04 Å². The second-order valence-corrected chi connectivity index (χ2v) is 5.50. The second-order valence-electron chi connectivity index (χ2n) is 5.09. The van der Waals surface area contributed by atoms with E-state index in [1.807, 2.05) is 0 Å². The lowest BCUT2D eigenvalue weighted by Gasteiger charge is -2.24. The molecule has 0 aromatic heterocycles. The van der Waals surface area contributed by atoms with Crippen molar-refractivity contribution >= 4 is 11.6 Å². The maximum atomic E-state index is 6.34. The van der Waals surface area contributed by atoms with Crippen LogP contribution in [-0.4, -0.2) is 25.5 Å². The van der Waals surface area contributed by atoms with Gasteiger partial charge in [-0.15, -0.1) is 0 Å². The molecule has 0 aliphatic carbocycles. The van der Waals surface area contributed by atoms with Gasteiger partial charge in [-0.05, 0) is 50.7 Å². The number of benzene rings is 1. The van der Waals surface area contributed by atoms with E-state index in [-0.39, 0.29) is 0 Å². The molecule has 3 heteroatoms. The lowest BCUT2D eigenvalue weighted by atomic mass is 9.96. The molecule has 0 saturated carbocycles. The highest BCUT2D eigenvalue weighted by atomic mass is 35.5. The molecule has 1 unspecified atom stereocenters. The molecule has 1 saturated heterocycles. The van der Waals surface area contributed by atoms with Crippen LogP contribution in [0.5, 0.6) is 0 Å². The van der Waals surface area contributed by atoms with Crippen LogP contribution in [-0.2, 0) is 6.54 Å². The first-order valence-electron chi connectivity index (χ1n) is 6.33. The molecular formula is C14H21ClN2. The predicted molar refractivity (Wildman–Crippen MR) is 73.4 cm³/mol. The summed E-state index contributed by atoms with van der Waals surface area (Å²) in [5.74, 6) is 0. The highest BCUT2D eigenvalue weighted by Crippen LogP contribution is 2.27. The van der Waals surface area contributed by atoms with Crippen molar-refractivity contribution in [3.05, 3.63) is 34.3 Å². The Hall–Kier alpha value is -0.570. The van der Waals surface area contributed by atoms with Gasteiger partial charge in [0.2, 0.25) is 0 Å². The zero-order valence-electron chi connectivity index (χ0n) is 10.7. The molecule has 1 aliphatic heterocycles. The zero-order chi connectivity index (χ0) is 12.3. The van der Waals surface area contributed by atoms with Gasteiger partial charge in [-0.1, -0.05) is 30.2 Å². The van der Waals surface area contributed by atoms with Crippen LogP contribution >= 0.6 is 11.6 Å². The summed E-state index contributed by atoms with van der Waals surface area (Å²) >= 11 is 6.34. The molecule has 2 nitrogen and oxygen atoms in total. The van der Waals surface area contributed by atoms with E-state index in [1.165, 1.54) is 30.4 Å². The third-order valence-electron chi connectivity index (χ3n) is 3.28. The van der Waals surface area contributed by atoms with Crippen molar-refractivity contribution in [3.63, 3.8) is 0 Å². The third kappa shape index (κ3) is 3.44. The number of halogens is 1. The molecule has 1 atom stereocenters. The Kier molecular flexibility index (Phi) is 4.43. The standard InChI is InChI=1S/C14H21ClN2/c1-17(2)10-12-7-6-11(9-13(12)15)14-5-3-4-8-16-14/h6-7,9,14,16H,3-5,8,10H2,1-2H3. The molecule has 0 radical (unpaired) electrons. The van der Waals surface area contributed by atoms with Crippen molar-refractivity contribution in [2.75, 3.05) is 20.6 Å². The second kappa shape index (κ2) is 5.85. The smallest absolute Gasteiger partial charge is 0.0454 e. The van der Waals surface area contributed by atoms with Gasteiger partial charge in [-0.3, -0.25) is 0 Å². The number of hydrogen-bond acceptors (Lipinski definition) is 2. The van der Waals surface area contributed by atoms with Gasteiger partial charge in [0.1, 0.15) is 0 Å². The molecule has 0 amide bonds. The normalized spacial score (nSPS) is 20.8. The van der Waals surface area contributed by atoms with Crippen molar-refractivity contribution in [2.24, 2.45) is 0 Å². The van der Waals surface area contributed by atoms with Gasteiger partial charge >= 0.3 is 0 Å². The minimum absolute atomic E-state index is 0.495. The Bertz CT molecular complexity index is 370. The topological polar surface area (TPSA) is 15.3 Å². The van der Waals surface area contributed by atoms with Crippen molar-refractivity contribution in [2.45, 2.75) is 31.8 Å². The summed E-state index contributed by atoms with van der Waals surface area (Å²) < 4.78 is 0. The van der Waals surface area contributed by atoms with Crippen molar-refractivity contribution in [1.29, 1.82) is 0 Å². The molecule has 17 heavy (non-hydrogen) atoms. The highest BCUT2D eigenvalue weighted by molar-refractivity contribution is 6.31. The summed E-state index contributed by atoms with van der Waals surface area (Å²) in [5.41, 5.74) is 2.54. The highest BCUT2D eigenvalue weighted by Gasteiger charge is 2.15. The Labute approximate surface area is 109 Å². The molecule has 1 aliphatic rings. The van der Waals surface area contributed by atoms with Gasteiger partial charge in [0.05, 0.1) is 0 Å². The van der Waals surface area contributed by atoms with Crippen LogP contribution in [0.3, 0.4) is 0 Å². The number of nitrogens with zero attached hydrogens (tertiary/aromatic N) is 1. The summed E-state index contributed by atoms with van der Waals surface area (Å²) in [6, 6.07) is 7.00. The number of piperidine rings is 1.